The first-order valence-corrected chi connectivity index (χ1v) is 6.27. The normalized spacial score (nSPS) is 11.4. The highest BCUT2D eigenvalue weighted by molar-refractivity contribution is 5.61. The van der Waals surface area contributed by atoms with Crippen molar-refractivity contribution in [3.05, 3.63) is 69.8 Å². The predicted octanol–water partition coefficient (Wildman–Crippen LogP) is 2.61. The van der Waals surface area contributed by atoms with Gasteiger partial charge in [0.05, 0.1) is 22.3 Å². The fourth-order valence-corrected chi connectivity index (χ4v) is 1.89. The number of nitrogens with one attached hydrogen (secondary N) is 1. The van der Waals surface area contributed by atoms with E-state index in [9.17, 15) is 15.2 Å². The lowest BCUT2D eigenvalue weighted by Gasteiger charge is -2.13. The molecular formula is C15H13N3O3. The van der Waals surface area contributed by atoms with E-state index in [4.69, 9.17) is 5.26 Å². The molecule has 0 saturated carbocycles. The summed E-state index contributed by atoms with van der Waals surface area (Å²) in [5.41, 5.74) is 1.24. The Bertz CT molecular complexity index is 680. The largest absolute Gasteiger partial charge is 0.387 e. The molecule has 0 aromatic heterocycles. The molecule has 2 aromatic rings. The summed E-state index contributed by atoms with van der Waals surface area (Å²) in [5.74, 6) is 0. The monoisotopic (exact) mass is 283 g/mol. The summed E-state index contributed by atoms with van der Waals surface area (Å²) < 4.78 is 0. The predicted molar refractivity (Wildman–Crippen MR) is 77.7 cm³/mol. The van der Waals surface area contributed by atoms with Gasteiger partial charge in [0.15, 0.2) is 0 Å². The summed E-state index contributed by atoms with van der Waals surface area (Å²) >= 11 is 0. The Morgan fingerprint density at radius 1 is 1.29 bits per heavy atom. The van der Waals surface area contributed by atoms with Crippen molar-refractivity contribution < 1.29 is 10.0 Å². The number of hydrogen-bond acceptors (Lipinski definition) is 5. The Morgan fingerprint density at radius 3 is 2.62 bits per heavy atom. The average molecular weight is 283 g/mol. The Morgan fingerprint density at radius 2 is 2.00 bits per heavy atom. The van der Waals surface area contributed by atoms with E-state index in [2.05, 4.69) is 5.32 Å². The van der Waals surface area contributed by atoms with E-state index < -0.39 is 11.0 Å². The van der Waals surface area contributed by atoms with Gasteiger partial charge in [0.25, 0.3) is 5.69 Å². The highest BCUT2D eigenvalue weighted by atomic mass is 16.6. The van der Waals surface area contributed by atoms with E-state index in [1.54, 1.807) is 12.1 Å². The third-order valence-corrected chi connectivity index (χ3v) is 3.00. The van der Waals surface area contributed by atoms with Crippen LogP contribution in [-0.2, 0) is 0 Å². The van der Waals surface area contributed by atoms with E-state index in [1.165, 1.54) is 18.2 Å². The van der Waals surface area contributed by atoms with Gasteiger partial charge < -0.3 is 10.4 Å². The molecule has 6 nitrogen and oxygen atoms in total. The van der Waals surface area contributed by atoms with Crippen LogP contribution in [0.25, 0.3) is 0 Å². The van der Waals surface area contributed by atoms with E-state index in [0.29, 0.717) is 5.69 Å². The fraction of sp³-hybridized carbons (Fsp3) is 0.133. The number of non-ortho nitro benzene ring substituents is 1. The maximum atomic E-state index is 10.7. The van der Waals surface area contributed by atoms with Crippen LogP contribution in [-0.4, -0.2) is 16.6 Å². The first-order valence-electron chi connectivity index (χ1n) is 6.27. The van der Waals surface area contributed by atoms with E-state index in [0.717, 1.165) is 5.56 Å². The van der Waals surface area contributed by atoms with Gasteiger partial charge in [0.1, 0.15) is 6.07 Å². The average Bonchev–Trinajstić information content (AvgIpc) is 2.53. The molecule has 1 atom stereocenters. The molecule has 106 valence electrons. The van der Waals surface area contributed by atoms with Gasteiger partial charge in [-0.05, 0) is 11.6 Å². The number of benzene rings is 2. The number of rotatable bonds is 5. The van der Waals surface area contributed by atoms with Gasteiger partial charge in [-0.3, -0.25) is 10.1 Å². The van der Waals surface area contributed by atoms with E-state index in [-0.39, 0.29) is 17.8 Å². The van der Waals surface area contributed by atoms with Crippen molar-refractivity contribution in [3.8, 4) is 6.07 Å². The lowest BCUT2D eigenvalue weighted by molar-refractivity contribution is -0.384. The lowest BCUT2D eigenvalue weighted by Crippen LogP contribution is -2.12. The Kier molecular flexibility index (Phi) is 4.49. The maximum absolute atomic E-state index is 10.7. The topological polar surface area (TPSA) is 99.2 Å². The van der Waals surface area contributed by atoms with Crippen LogP contribution >= 0.6 is 0 Å². The minimum Gasteiger partial charge on any atom is -0.387 e. The molecule has 2 N–H and O–H groups in total. The summed E-state index contributed by atoms with van der Waals surface area (Å²) in [6.45, 7) is 0.205. The van der Waals surface area contributed by atoms with Gasteiger partial charge in [-0.25, -0.2) is 0 Å². The molecule has 0 aliphatic carbocycles. The van der Waals surface area contributed by atoms with Crippen LogP contribution in [0.1, 0.15) is 17.2 Å². The molecule has 0 spiro atoms. The van der Waals surface area contributed by atoms with Crippen LogP contribution in [0.15, 0.2) is 48.5 Å². The molecule has 6 heteroatoms. The minimum atomic E-state index is -0.729. The Hall–Kier alpha value is -2.91. The van der Waals surface area contributed by atoms with Gasteiger partial charge >= 0.3 is 0 Å². The number of hydrogen-bond donors (Lipinski definition) is 2. The standard InChI is InChI=1S/C15H13N3O3/c16-9-12-8-13(18(20)21)6-7-14(12)17-10-15(19)11-4-2-1-3-5-11/h1-8,15,17,19H,10H2. The Labute approximate surface area is 121 Å². The first kappa shape index (κ1) is 14.5. The van der Waals surface area contributed by atoms with Gasteiger partial charge in [-0.1, -0.05) is 30.3 Å². The number of nitro groups is 1. The van der Waals surface area contributed by atoms with Crippen molar-refractivity contribution in [3.63, 3.8) is 0 Å². The third-order valence-electron chi connectivity index (χ3n) is 3.00. The summed E-state index contributed by atoms with van der Waals surface area (Å²) in [4.78, 5) is 10.1. The second-order valence-electron chi connectivity index (χ2n) is 4.41. The molecule has 0 bridgehead atoms. The van der Waals surface area contributed by atoms with Gasteiger partial charge in [0, 0.05) is 18.7 Å². The van der Waals surface area contributed by atoms with Crippen molar-refractivity contribution in [2.24, 2.45) is 0 Å². The third kappa shape index (κ3) is 3.55. The van der Waals surface area contributed by atoms with E-state index in [1.807, 2.05) is 24.3 Å². The molecule has 0 amide bonds. The van der Waals surface area contributed by atoms with Crippen molar-refractivity contribution in [2.75, 3.05) is 11.9 Å². The maximum Gasteiger partial charge on any atom is 0.270 e. The summed E-state index contributed by atoms with van der Waals surface area (Å²) in [6.07, 6.45) is -0.729. The van der Waals surface area contributed by atoms with Crippen molar-refractivity contribution in [2.45, 2.75) is 6.10 Å². The summed E-state index contributed by atoms with van der Waals surface area (Å²) in [7, 11) is 0. The summed E-state index contributed by atoms with van der Waals surface area (Å²) in [5, 5.41) is 32.7. The van der Waals surface area contributed by atoms with Crippen LogP contribution in [0.3, 0.4) is 0 Å². The molecule has 2 aromatic carbocycles. The molecule has 0 aliphatic heterocycles. The van der Waals surface area contributed by atoms with Gasteiger partial charge in [0.2, 0.25) is 0 Å². The Balaban J connectivity index is 2.10. The number of anilines is 1. The zero-order chi connectivity index (χ0) is 15.2. The zero-order valence-electron chi connectivity index (χ0n) is 11.1. The molecule has 0 fully saturated rings. The molecule has 0 heterocycles. The molecule has 21 heavy (non-hydrogen) atoms. The second kappa shape index (κ2) is 6.50. The molecule has 0 radical (unpaired) electrons. The molecule has 2 rings (SSSR count). The summed E-state index contributed by atoms with van der Waals surface area (Å²) in [6, 6.07) is 15.0. The SMILES string of the molecule is N#Cc1cc([N+](=O)[O-])ccc1NCC(O)c1ccccc1. The van der Waals surface area contributed by atoms with Crippen molar-refractivity contribution in [1.82, 2.24) is 0 Å². The molecule has 0 saturated heterocycles. The molecular weight excluding hydrogens is 270 g/mol. The number of nitro benzene ring substituents is 1. The first-order chi connectivity index (χ1) is 10.1. The van der Waals surface area contributed by atoms with Crippen molar-refractivity contribution in [1.29, 1.82) is 5.26 Å². The fourth-order valence-electron chi connectivity index (χ4n) is 1.89. The zero-order valence-corrected chi connectivity index (χ0v) is 11.1. The van der Waals surface area contributed by atoms with Gasteiger partial charge in [-0.15, -0.1) is 0 Å². The number of nitrogens with zero attached hydrogens (tertiary/aromatic N) is 2. The molecule has 1 unspecified atom stereocenters. The molecule has 0 aliphatic rings. The van der Waals surface area contributed by atoms with Gasteiger partial charge in [-0.2, -0.15) is 5.26 Å². The van der Waals surface area contributed by atoms with Crippen LogP contribution < -0.4 is 5.32 Å². The highest BCUT2D eigenvalue weighted by Gasteiger charge is 2.12. The number of aliphatic hydroxyl groups excluding tert-OH is 1. The number of aliphatic hydroxyl groups is 1. The number of nitriles is 1. The van der Waals surface area contributed by atoms with Crippen LogP contribution in [0.5, 0.6) is 0 Å². The van der Waals surface area contributed by atoms with Crippen LogP contribution in [0.2, 0.25) is 0 Å². The quantitative estimate of drug-likeness (QED) is 0.649. The minimum absolute atomic E-state index is 0.138. The van der Waals surface area contributed by atoms with Crippen molar-refractivity contribution >= 4 is 11.4 Å². The van der Waals surface area contributed by atoms with E-state index >= 15 is 0 Å². The second-order valence-corrected chi connectivity index (χ2v) is 4.41. The van der Waals surface area contributed by atoms with Crippen LogP contribution in [0.4, 0.5) is 11.4 Å². The smallest absolute Gasteiger partial charge is 0.270 e. The highest BCUT2D eigenvalue weighted by Crippen LogP contribution is 2.22. The van der Waals surface area contributed by atoms with Crippen LogP contribution in [0, 0.1) is 21.4 Å². The lowest BCUT2D eigenvalue weighted by atomic mass is 10.1.